The zero-order valence-electron chi connectivity index (χ0n) is 21.0. The van der Waals surface area contributed by atoms with E-state index in [0.717, 1.165) is 26.7 Å². The van der Waals surface area contributed by atoms with Crippen molar-refractivity contribution in [2.45, 2.75) is 94.9 Å². The number of fused-ring (bicyclic) bond motifs is 1. The van der Waals surface area contributed by atoms with E-state index in [9.17, 15) is 26.7 Å². The summed E-state index contributed by atoms with van der Waals surface area (Å²) in [6.45, 7) is 3.55. The lowest BCUT2D eigenvalue weighted by atomic mass is 9.79. The fourth-order valence-corrected chi connectivity index (χ4v) is 4.38. The van der Waals surface area contributed by atoms with Crippen molar-refractivity contribution >= 4 is 16.9 Å². The van der Waals surface area contributed by atoms with Gasteiger partial charge in [-0.2, -0.15) is 13.2 Å². The van der Waals surface area contributed by atoms with Gasteiger partial charge in [0.15, 0.2) is 5.60 Å². The van der Waals surface area contributed by atoms with Gasteiger partial charge in [-0.25, -0.2) is 13.8 Å². The Morgan fingerprint density at radius 2 is 1.95 bits per heavy atom. The molecule has 2 aliphatic carbocycles. The van der Waals surface area contributed by atoms with E-state index in [1.54, 1.807) is 18.2 Å². The second-order valence-corrected chi connectivity index (χ2v) is 10.7. The van der Waals surface area contributed by atoms with E-state index in [2.05, 4.69) is 15.3 Å². The van der Waals surface area contributed by atoms with Gasteiger partial charge in [0, 0.05) is 19.3 Å². The van der Waals surface area contributed by atoms with Crippen LogP contribution in [-0.2, 0) is 14.3 Å². The van der Waals surface area contributed by atoms with Crippen LogP contribution in [0.5, 0.6) is 0 Å². The predicted octanol–water partition coefficient (Wildman–Crippen LogP) is 5.08. The number of amides is 1. The lowest BCUT2D eigenvalue weighted by Gasteiger charge is -2.34. The molecule has 12 heteroatoms. The molecule has 2 fully saturated rings. The molecule has 206 valence electrons. The van der Waals surface area contributed by atoms with Crippen molar-refractivity contribution in [1.29, 1.82) is 0 Å². The van der Waals surface area contributed by atoms with Crippen molar-refractivity contribution in [3.63, 3.8) is 0 Å². The number of ether oxygens (including phenoxy) is 2. The molecule has 0 unspecified atom stereocenters. The Hall–Kier alpha value is -2.31. The van der Waals surface area contributed by atoms with E-state index >= 15 is 0 Å². The summed E-state index contributed by atoms with van der Waals surface area (Å²) in [5.74, 6) is -3.09. The molecular formula is C25H33F5N4O3. The number of carbonyl (C=O) groups excluding carboxylic acids is 1. The molecule has 0 saturated heterocycles. The van der Waals surface area contributed by atoms with Gasteiger partial charge in [-0.05, 0) is 57.2 Å². The molecule has 4 N–H and O–H groups in total. The third kappa shape index (κ3) is 6.77. The van der Waals surface area contributed by atoms with Crippen LogP contribution in [0.2, 0.25) is 0 Å². The summed E-state index contributed by atoms with van der Waals surface area (Å²) in [5, 5.41) is 2.90. The molecule has 0 spiro atoms. The number of aromatic nitrogens is 2. The van der Waals surface area contributed by atoms with Crippen LogP contribution in [0.3, 0.4) is 0 Å². The third-order valence-corrected chi connectivity index (χ3v) is 6.92. The number of halogens is 5. The maximum atomic E-state index is 13.2. The molecule has 2 saturated carbocycles. The van der Waals surface area contributed by atoms with Gasteiger partial charge >= 0.3 is 6.18 Å². The van der Waals surface area contributed by atoms with Gasteiger partial charge in [0.1, 0.15) is 5.82 Å². The number of nitrogens with zero attached hydrogens (tertiary/aromatic N) is 1. The van der Waals surface area contributed by atoms with Crippen molar-refractivity contribution in [3.05, 3.63) is 29.6 Å². The monoisotopic (exact) mass is 532 g/mol. The van der Waals surface area contributed by atoms with E-state index in [1.807, 2.05) is 0 Å². The molecule has 0 bridgehead atoms. The number of benzene rings is 1. The topological polar surface area (TPSA) is 102 Å². The smallest absolute Gasteiger partial charge is 0.376 e. The highest BCUT2D eigenvalue weighted by molar-refractivity contribution is 5.78. The van der Waals surface area contributed by atoms with Crippen molar-refractivity contribution in [1.82, 2.24) is 15.3 Å². The Balaban J connectivity index is 1.46. The second kappa shape index (κ2) is 10.1. The van der Waals surface area contributed by atoms with Crippen molar-refractivity contribution in [2.75, 3.05) is 6.61 Å². The zero-order valence-corrected chi connectivity index (χ0v) is 21.0. The maximum absolute atomic E-state index is 13.2. The van der Waals surface area contributed by atoms with Crippen LogP contribution in [0.15, 0.2) is 18.2 Å². The number of alkyl halides is 5. The quantitative estimate of drug-likeness (QED) is 0.351. The minimum atomic E-state index is -4.56. The summed E-state index contributed by atoms with van der Waals surface area (Å²) in [6, 6.07) is 3.79. The molecular weight excluding hydrogens is 499 g/mol. The Morgan fingerprint density at radius 3 is 2.54 bits per heavy atom. The van der Waals surface area contributed by atoms with Crippen LogP contribution in [0.1, 0.15) is 76.3 Å². The summed E-state index contributed by atoms with van der Waals surface area (Å²) < 4.78 is 77.0. The fourth-order valence-electron chi connectivity index (χ4n) is 4.38. The molecule has 0 radical (unpaired) electrons. The van der Waals surface area contributed by atoms with Crippen molar-refractivity contribution in [3.8, 4) is 0 Å². The van der Waals surface area contributed by atoms with Crippen LogP contribution in [0.4, 0.5) is 22.0 Å². The number of aromatic amines is 1. The summed E-state index contributed by atoms with van der Waals surface area (Å²) >= 11 is 0. The molecule has 1 amide bonds. The summed E-state index contributed by atoms with van der Waals surface area (Å²) in [5.41, 5.74) is 5.61. The molecule has 2 aliphatic rings. The average Bonchev–Trinajstić information content (AvgIpc) is 3.49. The summed E-state index contributed by atoms with van der Waals surface area (Å²) in [4.78, 5) is 20.1. The molecule has 37 heavy (non-hydrogen) atoms. The standard InChI is InChI=1S/C25H33F5N4O3/c1-13(37-23(2,3)25(28,29)30)21(31)22-33-17-7-4-15(9-18(17)34-22)19(12-36-16-5-6-16)32-20(35)8-14-10-24(26,27)11-14/h4,7,9,13-14,16,19,21H,5-6,8,10-12,31H2,1-3H3,(H,32,35)(H,33,34)/t13-,19-,21+/m1/s1. The first-order valence-electron chi connectivity index (χ1n) is 12.4. The highest BCUT2D eigenvalue weighted by Gasteiger charge is 2.50. The van der Waals surface area contributed by atoms with E-state index in [1.165, 1.54) is 6.92 Å². The van der Waals surface area contributed by atoms with Gasteiger partial charge in [0.25, 0.3) is 0 Å². The largest absolute Gasteiger partial charge is 0.416 e. The minimum Gasteiger partial charge on any atom is -0.376 e. The number of hydrogen-bond acceptors (Lipinski definition) is 5. The Bertz CT molecular complexity index is 1110. The number of nitrogens with two attached hydrogens (primary N) is 1. The predicted molar refractivity (Wildman–Crippen MR) is 126 cm³/mol. The number of nitrogens with one attached hydrogen (secondary N) is 2. The number of H-pyrrole nitrogens is 1. The lowest BCUT2D eigenvalue weighted by Crippen LogP contribution is -2.46. The first-order valence-corrected chi connectivity index (χ1v) is 12.4. The van der Waals surface area contributed by atoms with Crippen LogP contribution in [-0.4, -0.2) is 52.4 Å². The number of imidazole rings is 1. The summed E-state index contributed by atoms with van der Waals surface area (Å²) in [7, 11) is 0. The number of rotatable bonds is 11. The fraction of sp³-hybridized carbons (Fsp3) is 0.680. The maximum Gasteiger partial charge on any atom is 0.416 e. The molecule has 1 aromatic carbocycles. The molecule has 1 heterocycles. The van der Waals surface area contributed by atoms with Gasteiger partial charge in [-0.15, -0.1) is 0 Å². The van der Waals surface area contributed by atoms with Gasteiger partial charge in [-0.3, -0.25) is 4.79 Å². The third-order valence-electron chi connectivity index (χ3n) is 6.92. The lowest BCUT2D eigenvalue weighted by molar-refractivity contribution is -0.277. The van der Waals surface area contributed by atoms with E-state index in [-0.39, 0.29) is 49.6 Å². The van der Waals surface area contributed by atoms with Gasteiger partial charge in [0.05, 0.1) is 41.9 Å². The van der Waals surface area contributed by atoms with Gasteiger partial charge in [0.2, 0.25) is 11.8 Å². The molecule has 7 nitrogen and oxygen atoms in total. The highest BCUT2D eigenvalue weighted by atomic mass is 19.4. The Labute approximate surface area is 211 Å². The van der Waals surface area contributed by atoms with Crippen molar-refractivity contribution < 1.29 is 36.2 Å². The summed E-state index contributed by atoms with van der Waals surface area (Å²) in [6.07, 6.45) is -4.06. The molecule has 3 atom stereocenters. The molecule has 0 aliphatic heterocycles. The van der Waals surface area contributed by atoms with Gasteiger partial charge < -0.3 is 25.5 Å². The van der Waals surface area contributed by atoms with Crippen molar-refractivity contribution in [2.24, 2.45) is 11.7 Å². The average molecular weight is 533 g/mol. The van der Waals surface area contributed by atoms with Crippen LogP contribution in [0, 0.1) is 5.92 Å². The molecule has 4 rings (SSSR count). The first-order chi connectivity index (χ1) is 17.1. The zero-order chi connectivity index (χ0) is 27.2. The van der Waals surface area contributed by atoms with Gasteiger partial charge in [-0.1, -0.05) is 6.07 Å². The number of carbonyl (C=O) groups is 1. The highest BCUT2D eigenvalue weighted by Crippen LogP contribution is 2.44. The van der Waals surface area contributed by atoms with E-state index < -0.39 is 35.9 Å². The van der Waals surface area contributed by atoms with Crippen LogP contribution in [0.25, 0.3) is 11.0 Å². The Morgan fingerprint density at radius 1 is 1.27 bits per heavy atom. The molecule has 1 aromatic heterocycles. The number of hydrogen-bond donors (Lipinski definition) is 3. The second-order valence-electron chi connectivity index (χ2n) is 10.7. The Kier molecular flexibility index (Phi) is 7.57. The normalized spacial score (nSPS) is 20.9. The first kappa shape index (κ1) is 27.7. The van der Waals surface area contributed by atoms with Crippen LogP contribution >= 0.6 is 0 Å². The minimum absolute atomic E-state index is 0.0192. The molecule has 2 aromatic rings. The SMILES string of the molecule is C[C@@H](OC(C)(C)C(F)(F)F)[C@H](N)c1nc2cc([C@@H](COC3CC3)NC(=O)CC3CC(F)(F)C3)ccc2[nH]1. The van der Waals surface area contributed by atoms with E-state index in [0.29, 0.717) is 16.6 Å². The van der Waals surface area contributed by atoms with E-state index in [4.69, 9.17) is 15.2 Å². The van der Waals surface area contributed by atoms with Crippen LogP contribution < -0.4 is 11.1 Å².